The van der Waals surface area contributed by atoms with Crippen LogP contribution in [0.1, 0.15) is 245 Å². The first-order valence-corrected chi connectivity index (χ1v) is 21.1. The van der Waals surface area contributed by atoms with Gasteiger partial charge in [-0.1, -0.05) is 194 Å². The normalized spacial score (nSPS) is 11.1. The molecule has 48 heavy (non-hydrogen) atoms. The topological polar surface area (TPSA) is 92.3 Å². The maximum atomic E-state index is 12.1. The van der Waals surface area contributed by atoms with Crippen LogP contribution in [0.15, 0.2) is 0 Å². The van der Waals surface area contributed by atoms with Crippen molar-refractivity contribution in [2.45, 2.75) is 245 Å². The Kier molecular flexibility index (Phi) is 36.7. The predicted molar refractivity (Wildman–Crippen MR) is 204 cm³/mol. The molecule has 0 rings (SSSR count). The number of unbranched alkanes of at least 4 members (excludes halogenated alkanes) is 29. The van der Waals surface area contributed by atoms with Gasteiger partial charge in [0, 0.05) is 25.7 Å². The van der Waals surface area contributed by atoms with Gasteiger partial charge in [0.1, 0.15) is 0 Å². The van der Waals surface area contributed by atoms with Crippen LogP contribution in [0, 0.1) is 0 Å². The lowest BCUT2D eigenvalue weighted by Crippen LogP contribution is -2.31. The molecule has 0 unspecified atom stereocenters. The number of nitrogens with one attached hydrogen (secondary N) is 2. The molecular formula is C42H80N2O4. The van der Waals surface area contributed by atoms with Crippen LogP contribution >= 0.6 is 0 Å². The van der Waals surface area contributed by atoms with E-state index in [1.54, 1.807) is 0 Å². The maximum absolute atomic E-state index is 12.1. The van der Waals surface area contributed by atoms with Crippen molar-refractivity contribution >= 4 is 23.6 Å². The summed E-state index contributed by atoms with van der Waals surface area (Å²) in [6.07, 6.45) is 40.8. The molecule has 0 radical (unpaired) electrons. The van der Waals surface area contributed by atoms with E-state index in [2.05, 4.69) is 24.5 Å². The van der Waals surface area contributed by atoms with Gasteiger partial charge >= 0.3 is 0 Å². The summed E-state index contributed by atoms with van der Waals surface area (Å²) in [7, 11) is 0. The zero-order chi connectivity index (χ0) is 35.2. The van der Waals surface area contributed by atoms with Crippen molar-refractivity contribution < 1.29 is 19.2 Å². The first kappa shape index (κ1) is 46.3. The van der Waals surface area contributed by atoms with E-state index in [4.69, 9.17) is 0 Å². The average molecular weight is 677 g/mol. The Morgan fingerprint density at radius 2 is 0.396 bits per heavy atom. The van der Waals surface area contributed by atoms with E-state index in [0.29, 0.717) is 25.7 Å². The average Bonchev–Trinajstić information content (AvgIpc) is 3.06. The largest absolute Gasteiger partial charge is 0.296 e. The van der Waals surface area contributed by atoms with Crippen LogP contribution in [0.3, 0.4) is 0 Å². The summed E-state index contributed by atoms with van der Waals surface area (Å²) in [6.45, 7) is 4.53. The van der Waals surface area contributed by atoms with Gasteiger partial charge in [0.15, 0.2) is 0 Å². The van der Waals surface area contributed by atoms with Gasteiger partial charge in [-0.05, 0) is 25.7 Å². The molecular weight excluding hydrogens is 596 g/mol. The van der Waals surface area contributed by atoms with Gasteiger partial charge < -0.3 is 0 Å². The summed E-state index contributed by atoms with van der Waals surface area (Å²) in [5, 5.41) is 4.96. The van der Waals surface area contributed by atoms with E-state index in [0.717, 1.165) is 38.5 Å². The van der Waals surface area contributed by atoms with E-state index in [-0.39, 0.29) is 36.5 Å². The third kappa shape index (κ3) is 37.1. The fraction of sp³-hybridized carbons (Fsp3) is 0.905. The van der Waals surface area contributed by atoms with Crippen molar-refractivity contribution in [1.82, 2.24) is 10.6 Å². The fourth-order valence-corrected chi connectivity index (χ4v) is 6.45. The minimum atomic E-state index is -0.273. The molecule has 0 saturated heterocycles. The number of hydrogen-bond donors (Lipinski definition) is 2. The molecule has 0 aromatic rings. The molecule has 0 aliphatic heterocycles. The Morgan fingerprint density at radius 3 is 0.583 bits per heavy atom. The van der Waals surface area contributed by atoms with Crippen LogP contribution in [0.5, 0.6) is 0 Å². The third-order valence-corrected chi connectivity index (χ3v) is 9.63. The molecule has 0 atom stereocenters. The Morgan fingerprint density at radius 1 is 0.250 bits per heavy atom. The quantitative estimate of drug-likeness (QED) is 0.0640. The molecule has 0 fully saturated rings. The number of amides is 4. The highest BCUT2D eigenvalue weighted by atomic mass is 16.2. The smallest absolute Gasteiger partial charge is 0.226 e. The SMILES string of the molecule is CCCCCCCCCCCCCCCCCC(=O)NC(=O)CCCCC(=O)NC(=O)CCCCCCCCCCCCCCCCC. The Labute approximate surface area is 297 Å². The molecule has 4 amide bonds. The lowest BCUT2D eigenvalue weighted by atomic mass is 10.0. The summed E-state index contributed by atoms with van der Waals surface area (Å²) >= 11 is 0. The monoisotopic (exact) mass is 677 g/mol. The van der Waals surface area contributed by atoms with Gasteiger partial charge in [-0.25, -0.2) is 0 Å². The molecule has 0 bridgehead atoms. The molecule has 0 saturated carbocycles. The molecule has 0 spiro atoms. The zero-order valence-electron chi connectivity index (χ0n) is 32.1. The highest BCUT2D eigenvalue weighted by Gasteiger charge is 2.10. The fourth-order valence-electron chi connectivity index (χ4n) is 6.45. The second-order valence-corrected chi connectivity index (χ2v) is 14.5. The van der Waals surface area contributed by atoms with Crippen molar-refractivity contribution in [2.24, 2.45) is 0 Å². The minimum absolute atomic E-state index is 0.197. The van der Waals surface area contributed by atoms with Crippen LogP contribution in [0.4, 0.5) is 0 Å². The molecule has 0 aliphatic rings. The standard InChI is InChI=1S/C42H80N2O4/c1-3-5-7-9-11-13-15-17-19-21-23-25-27-29-31-35-39(45)43-41(47)37-33-34-38-42(48)44-40(46)36-32-30-28-26-24-22-20-18-16-14-12-10-8-6-4-2/h3-38H2,1-2H3,(H,43,45,47)(H,44,46,48). The van der Waals surface area contributed by atoms with Gasteiger partial charge in [0.25, 0.3) is 0 Å². The highest BCUT2D eigenvalue weighted by molar-refractivity contribution is 5.95. The van der Waals surface area contributed by atoms with Crippen LogP contribution in [-0.4, -0.2) is 23.6 Å². The first-order valence-electron chi connectivity index (χ1n) is 21.1. The lowest BCUT2D eigenvalue weighted by molar-refractivity contribution is -0.132. The van der Waals surface area contributed by atoms with Crippen molar-refractivity contribution in [1.29, 1.82) is 0 Å². The molecule has 6 heteroatoms. The Hall–Kier alpha value is -1.72. The highest BCUT2D eigenvalue weighted by Crippen LogP contribution is 2.15. The third-order valence-electron chi connectivity index (χ3n) is 9.63. The number of imide groups is 2. The molecule has 282 valence electrons. The van der Waals surface area contributed by atoms with E-state index >= 15 is 0 Å². The van der Waals surface area contributed by atoms with Crippen LogP contribution in [-0.2, 0) is 19.2 Å². The number of carbonyl (C=O) groups excluding carboxylic acids is 4. The maximum Gasteiger partial charge on any atom is 0.226 e. The summed E-state index contributed by atoms with van der Waals surface area (Å²) in [5.41, 5.74) is 0. The molecule has 6 nitrogen and oxygen atoms in total. The molecule has 0 heterocycles. The summed E-state index contributed by atoms with van der Waals surface area (Å²) in [4.78, 5) is 48.3. The van der Waals surface area contributed by atoms with E-state index in [9.17, 15) is 19.2 Å². The van der Waals surface area contributed by atoms with Gasteiger partial charge in [0.05, 0.1) is 0 Å². The van der Waals surface area contributed by atoms with Crippen LogP contribution < -0.4 is 10.6 Å². The number of rotatable bonds is 37. The summed E-state index contributed by atoms with van der Waals surface area (Å²) < 4.78 is 0. The Balaban J connectivity index is 3.47. The molecule has 0 aliphatic carbocycles. The van der Waals surface area contributed by atoms with E-state index in [1.807, 2.05) is 0 Å². The van der Waals surface area contributed by atoms with E-state index < -0.39 is 0 Å². The Bertz CT molecular complexity index is 692. The summed E-state index contributed by atoms with van der Waals surface area (Å²) in [5.74, 6) is -0.940. The second-order valence-electron chi connectivity index (χ2n) is 14.5. The van der Waals surface area contributed by atoms with Crippen LogP contribution in [0.25, 0.3) is 0 Å². The zero-order valence-corrected chi connectivity index (χ0v) is 32.1. The molecule has 0 aromatic heterocycles. The first-order chi connectivity index (χ1) is 23.5. The minimum Gasteiger partial charge on any atom is -0.296 e. The van der Waals surface area contributed by atoms with Crippen molar-refractivity contribution in [2.75, 3.05) is 0 Å². The van der Waals surface area contributed by atoms with Crippen LogP contribution in [0.2, 0.25) is 0 Å². The lowest BCUT2D eigenvalue weighted by Gasteiger charge is -2.06. The summed E-state index contributed by atoms with van der Waals surface area (Å²) in [6, 6.07) is 0. The van der Waals surface area contributed by atoms with Crippen molar-refractivity contribution in [3.8, 4) is 0 Å². The molecule has 0 aromatic carbocycles. The predicted octanol–water partition coefficient (Wildman–Crippen LogP) is 12.4. The van der Waals surface area contributed by atoms with Gasteiger partial charge in [-0.15, -0.1) is 0 Å². The van der Waals surface area contributed by atoms with Crippen molar-refractivity contribution in [3.63, 3.8) is 0 Å². The second kappa shape index (κ2) is 38.1. The number of carbonyl (C=O) groups is 4. The van der Waals surface area contributed by atoms with Crippen molar-refractivity contribution in [3.05, 3.63) is 0 Å². The van der Waals surface area contributed by atoms with Gasteiger partial charge in [-0.3, -0.25) is 29.8 Å². The van der Waals surface area contributed by atoms with Gasteiger partial charge in [0.2, 0.25) is 23.6 Å². The van der Waals surface area contributed by atoms with Gasteiger partial charge in [-0.2, -0.15) is 0 Å². The number of hydrogen-bond acceptors (Lipinski definition) is 4. The van der Waals surface area contributed by atoms with E-state index in [1.165, 1.54) is 154 Å². The molecule has 2 N–H and O–H groups in total.